The molecule has 6 nitrogen and oxygen atoms in total. The van der Waals surface area contributed by atoms with Crippen LogP contribution in [0.5, 0.6) is 11.5 Å². The Morgan fingerprint density at radius 1 is 0.929 bits per heavy atom. The van der Waals surface area contributed by atoms with Gasteiger partial charge in [-0.3, -0.25) is 4.79 Å². The van der Waals surface area contributed by atoms with Gasteiger partial charge in [-0.2, -0.15) is 0 Å². The van der Waals surface area contributed by atoms with Gasteiger partial charge in [-0.15, -0.1) is 0 Å². The van der Waals surface area contributed by atoms with Crippen molar-refractivity contribution < 1.29 is 23.8 Å². The van der Waals surface area contributed by atoms with Gasteiger partial charge < -0.3 is 19.5 Å². The number of methoxy groups -OCH3 is 2. The van der Waals surface area contributed by atoms with E-state index in [0.717, 1.165) is 10.8 Å². The molecule has 28 heavy (non-hydrogen) atoms. The maximum atomic E-state index is 12.6. The normalized spacial score (nSPS) is 11.5. The second kappa shape index (κ2) is 8.43. The number of fused-ring (bicyclic) bond motifs is 1. The zero-order chi connectivity index (χ0) is 20.1. The Balaban J connectivity index is 1.74. The summed E-state index contributed by atoms with van der Waals surface area (Å²) in [6, 6.07) is 18.1. The largest absolute Gasteiger partial charge is 0.497 e. The van der Waals surface area contributed by atoms with E-state index < -0.39 is 18.0 Å². The lowest BCUT2D eigenvalue weighted by Gasteiger charge is -2.16. The van der Waals surface area contributed by atoms with Crippen molar-refractivity contribution >= 4 is 28.3 Å². The molecule has 0 heterocycles. The van der Waals surface area contributed by atoms with Crippen LogP contribution < -0.4 is 14.8 Å². The highest BCUT2D eigenvalue weighted by molar-refractivity contribution is 6.04. The Morgan fingerprint density at radius 2 is 1.68 bits per heavy atom. The lowest BCUT2D eigenvalue weighted by atomic mass is 10.1. The molecule has 3 aromatic carbocycles. The van der Waals surface area contributed by atoms with Crippen molar-refractivity contribution in [3.63, 3.8) is 0 Å². The zero-order valence-electron chi connectivity index (χ0n) is 15.9. The molecule has 0 saturated heterocycles. The second-order valence-electron chi connectivity index (χ2n) is 6.13. The number of esters is 1. The number of hydrogen-bond acceptors (Lipinski definition) is 5. The number of carbonyl (C=O) groups is 2. The van der Waals surface area contributed by atoms with Gasteiger partial charge in [-0.05, 0) is 36.6 Å². The highest BCUT2D eigenvalue weighted by Gasteiger charge is 2.22. The number of rotatable bonds is 6. The van der Waals surface area contributed by atoms with Gasteiger partial charge >= 0.3 is 5.97 Å². The first-order chi connectivity index (χ1) is 13.5. The van der Waals surface area contributed by atoms with Gasteiger partial charge in [-0.25, -0.2) is 4.79 Å². The fraction of sp³-hybridized carbons (Fsp3) is 0.182. The van der Waals surface area contributed by atoms with Crippen molar-refractivity contribution in [2.24, 2.45) is 0 Å². The van der Waals surface area contributed by atoms with Crippen molar-refractivity contribution in [3.8, 4) is 11.5 Å². The summed E-state index contributed by atoms with van der Waals surface area (Å²) >= 11 is 0. The Morgan fingerprint density at radius 3 is 2.43 bits per heavy atom. The van der Waals surface area contributed by atoms with E-state index in [9.17, 15) is 9.59 Å². The molecule has 3 aromatic rings. The van der Waals surface area contributed by atoms with Crippen LogP contribution in [-0.4, -0.2) is 32.2 Å². The maximum absolute atomic E-state index is 12.6. The molecule has 0 saturated carbocycles. The summed E-state index contributed by atoms with van der Waals surface area (Å²) in [6.45, 7) is 1.52. The van der Waals surface area contributed by atoms with Gasteiger partial charge in [0.2, 0.25) is 0 Å². The summed E-state index contributed by atoms with van der Waals surface area (Å²) in [5.41, 5.74) is 0.844. The lowest BCUT2D eigenvalue weighted by Crippen LogP contribution is -2.30. The van der Waals surface area contributed by atoms with Crippen LogP contribution in [0, 0.1) is 0 Å². The molecule has 0 aromatic heterocycles. The lowest BCUT2D eigenvalue weighted by molar-refractivity contribution is -0.123. The highest BCUT2D eigenvalue weighted by Crippen LogP contribution is 2.26. The van der Waals surface area contributed by atoms with Crippen LogP contribution in [0.2, 0.25) is 0 Å². The van der Waals surface area contributed by atoms with E-state index >= 15 is 0 Å². The van der Waals surface area contributed by atoms with Crippen LogP contribution in [0.3, 0.4) is 0 Å². The average Bonchev–Trinajstić information content (AvgIpc) is 2.73. The summed E-state index contributed by atoms with van der Waals surface area (Å²) in [5.74, 6) is -0.268. The predicted molar refractivity (Wildman–Crippen MR) is 107 cm³/mol. The third kappa shape index (κ3) is 4.06. The minimum atomic E-state index is -0.998. The molecule has 0 radical (unpaired) electrons. The van der Waals surface area contributed by atoms with Gasteiger partial charge in [-0.1, -0.05) is 36.4 Å². The van der Waals surface area contributed by atoms with Crippen molar-refractivity contribution in [2.45, 2.75) is 13.0 Å². The average molecular weight is 379 g/mol. The predicted octanol–water partition coefficient (Wildman–Crippen LogP) is 4.04. The number of hydrogen-bond donors (Lipinski definition) is 1. The SMILES string of the molecule is COc1ccc(OC)c(C(=O)O[C@@H](C)C(=O)Nc2cccc3ccccc23)c1. The second-order valence-corrected chi connectivity index (χ2v) is 6.13. The first-order valence-corrected chi connectivity index (χ1v) is 8.75. The van der Waals surface area contributed by atoms with Crippen LogP contribution in [0.1, 0.15) is 17.3 Å². The van der Waals surface area contributed by atoms with E-state index in [-0.39, 0.29) is 5.56 Å². The Labute approximate surface area is 163 Å². The summed E-state index contributed by atoms with van der Waals surface area (Å²) in [6.07, 6.45) is -0.998. The first kappa shape index (κ1) is 19.2. The maximum Gasteiger partial charge on any atom is 0.342 e. The van der Waals surface area contributed by atoms with Gasteiger partial charge in [0.15, 0.2) is 6.10 Å². The summed E-state index contributed by atoms with van der Waals surface area (Å²) < 4.78 is 15.7. The summed E-state index contributed by atoms with van der Waals surface area (Å²) in [4.78, 5) is 25.1. The number of carbonyl (C=O) groups excluding carboxylic acids is 2. The van der Waals surface area contributed by atoms with Gasteiger partial charge in [0, 0.05) is 11.1 Å². The summed E-state index contributed by atoms with van der Waals surface area (Å²) in [5, 5.41) is 4.73. The van der Waals surface area contributed by atoms with E-state index in [0.29, 0.717) is 17.2 Å². The molecule has 0 spiro atoms. The molecule has 6 heteroatoms. The quantitative estimate of drug-likeness (QED) is 0.654. The van der Waals surface area contributed by atoms with Crippen LogP contribution in [0.4, 0.5) is 5.69 Å². The molecule has 1 amide bonds. The van der Waals surface area contributed by atoms with Crippen LogP contribution in [0.25, 0.3) is 10.8 Å². The van der Waals surface area contributed by atoms with Crippen molar-refractivity contribution in [3.05, 3.63) is 66.2 Å². The molecule has 0 fully saturated rings. The third-order valence-electron chi connectivity index (χ3n) is 4.33. The Bertz CT molecular complexity index is 1010. The molecular formula is C22H21NO5. The van der Waals surface area contributed by atoms with Crippen LogP contribution in [0.15, 0.2) is 60.7 Å². The van der Waals surface area contributed by atoms with Crippen molar-refractivity contribution in [1.29, 1.82) is 0 Å². The van der Waals surface area contributed by atoms with E-state index in [1.54, 1.807) is 18.2 Å². The Kier molecular flexibility index (Phi) is 5.79. The molecule has 0 aliphatic rings. The van der Waals surface area contributed by atoms with E-state index in [2.05, 4.69) is 5.32 Å². The Hall–Kier alpha value is -3.54. The first-order valence-electron chi connectivity index (χ1n) is 8.75. The van der Waals surface area contributed by atoms with E-state index in [4.69, 9.17) is 14.2 Å². The van der Waals surface area contributed by atoms with Crippen LogP contribution >= 0.6 is 0 Å². The highest BCUT2D eigenvalue weighted by atomic mass is 16.5. The monoisotopic (exact) mass is 379 g/mol. The molecule has 3 rings (SSSR count). The molecule has 144 valence electrons. The molecular weight excluding hydrogens is 358 g/mol. The standard InChI is InChI=1S/C22H21NO5/c1-14(28-22(25)18-13-16(26-2)11-12-20(18)27-3)21(24)23-19-10-6-8-15-7-4-5-9-17(15)19/h4-14H,1-3H3,(H,23,24)/t14-/m0/s1. The molecule has 1 N–H and O–H groups in total. The van der Waals surface area contributed by atoms with E-state index in [1.807, 2.05) is 36.4 Å². The minimum Gasteiger partial charge on any atom is -0.497 e. The van der Waals surface area contributed by atoms with E-state index in [1.165, 1.54) is 27.2 Å². The number of amides is 1. The van der Waals surface area contributed by atoms with Crippen molar-refractivity contribution in [1.82, 2.24) is 0 Å². The number of nitrogens with one attached hydrogen (secondary N) is 1. The molecule has 0 aliphatic carbocycles. The smallest absolute Gasteiger partial charge is 0.342 e. The number of ether oxygens (including phenoxy) is 3. The van der Waals surface area contributed by atoms with Crippen LogP contribution in [-0.2, 0) is 9.53 Å². The van der Waals surface area contributed by atoms with Gasteiger partial charge in [0.1, 0.15) is 17.1 Å². The number of anilines is 1. The molecule has 0 bridgehead atoms. The topological polar surface area (TPSA) is 73.9 Å². The molecule has 1 atom stereocenters. The number of benzene rings is 3. The zero-order valence-corrected chi connectivity index (χ0v) is 15.9. The minimum absolute atomic E-state index is 0.187. The molecule has 0 unspecified atom stereocenters. The summed E-state index contributed by atoms with van der Waals surface area (Å²) in [7, 11) is 2.95. The molecule has 0 aliphatic heterocycles. The van der Waals surface area contributed by atoms with Gasteiger partial charge in [0.25, 0.3) is 5.91 Å². The van der Waals surface area contributed by atoms with Crippen molar-refractivity contribution in [2.75, 3.05) is 19.5 Å². The van der Waals surface area contributed by atoms with Gasteiger partial charge in [0.05, 0.1) is 14.2 Å². The fourth-order valence-corrected chi connectivity index (χ4v) is 2.82. The third-order valence-corrected chi connectivity index (χ3v) is 4.33. The fourth-order valence-electron chi connectivity index (χ4n) is 2.82.